The fourth-order valence-electron chi connectivity index (χ4n) is 1.63. The van der Waals surface area contributed by atoms with E-state index in [4.69, 9.17) is 5.73 Å². The molecular formula is C13H19FN2O3S. The molecule has 1 aromatic rings. The lowest BCUT2D eigenvalue weighted by atomic mass is 10.1. The van der Waals surface area contributed by atoms with Crippen LogP contribution in [0.2, 0.25) is 0 Å². The van der Waals surface area contributed by atoms with Crippen molar-refractivity contribution in [2.24, 2.45) is 5.73 Å². The van der Waals surface area contributed by atoms with Crippen LogP contribution in [0.1, 0.15) is 24.9 Å². The third-order valence-corrected chi connectivity index (χ3v) is 3.84. The first-order valence-electron chi connectivity index (χ1n) is 6.18. The molecule has 0 saturated heterocycles. The summed E-state index contributed by atoms with van der Waals surface area (Å²) in [7, 11) is -3.14. The van der Waals surface area contributed by atoms with E-state index in [1.54, 1.807) is 19.1 Å². The number of hydrogen-bond acceptors (Lipinski definition) is 4. The molecule has 0 saturated carbocycles. The molecule has 112 valence electrons. The van der Waals surface area contributed by atoms with Gasteiger partial charge in [0.05, 0.1) is 17.8 Å². The minimum Gasteiger partial charge on any atom is -0.348 e. The van der Waals surface area contributed by atoms with E-state index in [-0.39, 0.29) is 24.0 Å². The van der Waals surface area contributed by atoms with E-state index in [9.17, 15) is 17.6 Å². The first-order chi connectivity index (χ1) is 9.19. The number of carbonyl (C=O) groups excluding carboxylic acids is 1. The second-order valence-corrected chi connectivity index (χ2v) is 7.07. The maximum atomic E-state index is 12.8. The van der Waals surface area contributed by atoms with E-state index in [2.05, 4.69) is 5.32 Å². The van der Waals surface area contributed by atoms with Gasteiger partial charge in [0, 0.05) is 6.26 Å². The van der Waals surface area contributed by atoms with Crippen molar-refractivity contribution in [3.63, 3.8) is 0 Å². The molecule has 0 fully saturated rings. The van der Waals surface area contributed by atoms with Crippen LogP contribution in [0, 0.1) is 5.82 Å². The Hall–Kier alpha value is -1.47. The van der Waals surface area contributed by atoms with E-state index in [1.807, 2.05) is 0 Å². The molecule has 7 heteroatoms. The van der Waals surface area contributed by atoms with Gasteiger partial charge in [0.2, 0.25) is 5.91 Å². The summed E-state index contributed by atoms with van der Waals surface area (Å²) in [6, 6.07) is 4.55. The van der Waals surface area contributed by atoms with Gasteiger partial charge in [-0.2, -0.15) is 0 Å². The van der Waals surface area contributed by atoms with Gasteiger partial charge in [0.15, 0.2) is 0 Å². The van der Waals surface area contributed by atoms with Crippen molar-refractivity contribution in [1.29, 1.82) is 0 Å². The molecule has 1 aromatic carbocycles. The van der Waals surface area contributed by atoms with Crippen LogP contribution in [0.4, 0.5) is 4.39 Å². The highest BCUT2D eigenvalue weighted by Crippen LogP contribution is 2.13. The smallest absolute Gasteiger partial charge is 0.237 e. The Morgan fingerprint density at radius 2 is 1.90 bits per heavy atom. The second kappa shape index (κ2) is 6.81. The SMILES string of the molecule is C[C@@H](NC(=O)C(N)CCS(C)(=O)=O)c1ccc(F)cc1. The maximum absolute atomic E-state index is 12.8. The summed E-state index contributed by atoms with van der Waals surface area (Å²) in [6.45, 7) is 1.74. The van der Waals surface area contributed by atoms with Crippen molar-refractivity contribution in [3.8, 4) is 0 Å². The minimum absolute atomic E-state index is 0.0702. The van der Waals surface area contributed by atoms with Crippen LogP contribution in [-0.2, 0) is 14.6 Å². The Labute approximate surface area is 118 Å². The van der Waals surface area contributed by atoms with E-state index in [1.165, 1.54) is 12.1 Å². The summed E-state index contributed by atoms with van der Waals surface area (Å²) in [6.07, 6.45) is 1.17. The Bertz CT molecular complexity index is 557. The molecule has 1 unspecified atom stereocenters. The Morgan fingerprint density at radius 3 is 2.40 bits per heavy atom. The standard InChI is InChI=1S/C13H19FN2O3S/c1-9(10-3-5-11(14)6-4-10)16-13(17)12(15)7-8-20(2,18)19/h3-6,9,12H,7-8,15H2,1-2H3,(H,16,17)/t9-,12?/m1/s1. The van der Waals surface area contributed by atoms with Crippen molar-refractivity contribution < 1.29 is 17.6 Å². The number of sulfone groups is 1. The van der Waals surface area contributed by atoms with Gasteiger partial charge in [-0.3, -0.25) is 4.79 Å². The number of carbonyl (C=O) groups is 1. The molecule has 0 aliphatic heterocycles. The van der Waals surface area contributed by atoms with Crippen LogP contribution < -0.4 is 11.1 Å². The summed E-state index contributed by atoms with van der Waals surface area (Å²) in [5.74, 6) is -0.908. The van der Waals surface area contributed by atoms with Crippen LogP contribution in [-0.4, -0.2) is 32.4 Å². The quantitative estimate of drug-likeness (QED) is 0.812. The van der Waals surface area contributed by atoms with Crippen molar-refractivity contribution in [1.82, 2.24) is 5.32 Å². The lowest BCUT2D eigenvalue weighted by Crippen LogP contribution is -2.42. The summed E-state index contributed by atoms with van der Waals surface area (Å²) in [4.78, 5) is 11.8. The largest absolute Gasteiger partial charge is 0.348 e. The van der Waals surface area contributed by atoms with Crippen LogP contribution in [0.25, 0.3) is 0 Å². The molecule has 0 bridgehead atoms. The van der Waals surface area contributed by atoms with Crippen molar-refractivity contribution >= 4 is 15.7 Å². The second-order valence-electron chi connectivity index (χ2n) is 4.81. The molecule has 0 heterocycles. The van der Waals surface area contributed by atoms with E-state index < -0.39 is 21.8 Å². The molecule has 0 aliphatic carbocycles. The molecule has 1 amide bonds. The molecule has 20 heavy (non-hydrogen) atoms. The van der Waals surface area contributed by atoms with Gasteiger partial charge >= 0.3 is 0 Å². The highest BCUT2D eigenvalue weighted by molar-refractivity contribution is 7.90. The van der Waals surface area contributed by atoms with Gasteiger partial charge in [0.25, 0.3) is 0 Å². The van der Waals surface area contributed by atoms with E-state index in [0.717, 1.165) is 11.8 Å². The number of amides is 1. The Kier molecular flexibility index (Phi) is 5.64. The van der Waals surface area contributed by atoms with Crippen molar-refractivity contribution in [3.05, 3.63) is 35.6 Å². The average molecular weight is 302 g/mol. The lowest BCUT2D eigenvalue weighted by Gasteiger charge is -2.17. The van der Waals surface area contributed by atoms with Gasteiger partial charge in [-0.05, 0) is 31.0 Å². The van der Waals surface area contributed by atoms with E-state index >= 15 is 0 Å². The number of nitrogens with two attached hydrogens (primary N) is 1. The monoisotopic (exact) mass is 302 g/mol. The summed E-state index contributed by atoms with van der Waals surface area (Å²) in [5, 5.41) is 2.67. The molecule has 0 aromatic heterocycles. The predicted molar refractivity (Wildman–Crippen MR) is 75.3 cm³/mol. The molecule has 0 spiro atoms. The number of nitrogens with one attached hydrogen (secondary N) is 1. The first kappa shape index (κ1) is 16.6. The fourth-order valence-corrected chi connectivity index (χ4v) is 2.31. The summed E-state index contributed by atoms with van der Waals surface area (Å²) < 4.78 is 34.8. The van der Waals surface area contributed by atoms with Crippen molar-refractivity contribution in [2.45, 2.75) is 25.4 Å². The van der Waals surface area contributed by atoms with Crippen molar-refractivity contribution in [2.75, 3.05) is 12.0 Å². The van der Waals surface area contributed by atoms with E-state index in [0.29, 0.717) is 0 Å². The highest BCUT2D eigenvalue weighted by atomic mass is 32.2. The normalized spacial score (nSPS) is 14.6. The lowest BCUT2D eigenvalue weighted by molar-refractivity contribution is -0.123. The fraction of sp³-hybridized carbons (Fsp3) is 0.462. The van der Waals surface area contributed by atoms with Crippen LogP contribution in [0.15, 0.2) is 24.3 Å². The van der Waals surface area contributed by atoms with Crippen LogP contribution in [0.5, 0.6) is 0 Å². The third-order valence-electron chi connectivity index (χ3n) is 2.87. The highest BCUT2D eigenvalue weighted by Gasteiger charge is 2.18. The van der Waals surface area contributed by atoms with Crippen LogP contribution >= 0.6 is 0 Å². The number of rotatable bonds is 6. The first-order valence-corrected chi connectivity index (χ1v) is 8.24. The zero-order valence-corrected chi connectivity index (χ0v) is 12.3. The Morgan fingerprint density at radius 1 is 1.35 bits per heavy atom. The Balaban J connectivity index is 2.54. The molecular weight excluding hydrogens is 283 g/mol. The molecule has 3 N–H and O–H groups in total. The van der Waals surface area contributed by atoms with Crippen LogP contribution in [0.3, 0.4) is 0 Å². The molecule has 1 rings (SSSR count). The van der Waals surface area contributed by atoms with Gasteiger partial charge in [-0.25, -0.2) is 12.8 Å². The van der Waals surface area contributed by atoms with Gasteiger partial charge in [0.1, 0.15) is 15.7 Å². The molecule has 0 radical (unpaired) electrons. The van der Waals surface area contributed by atoms with Gasteiger partial charge < -0.3 is 11.1 Å². The zero-order chi connectivity index (χ0) is 15.3. The number of benzene rings is 1. The van der Waals surface area contributed by atoms with Gasteiger partial charge in [-0.1, -0.05) is 12.1 Å². The number of halogens is 1. The zero-order valence-electron chi connectivity index (χ0n) is 11.5. The summed E-state index contributed by atoms with van der Waals surface area (Å²) >= 11 is 0. The average Bonchev–Trinajstić information content (AvgIpc) is 2.35. The summed E-state index contributed by atoms with van der Waals surface area (Å²) in [5.41, 5.74) is 6.38. The predicted octanol–water partition coefficient (Wildman–Crippen LogP) is 0.765. The molecule has 5 nitrogen and oxygen atoms in total. The molecule has 2 atom stereocenters. The maximum Gasteiger partial charge on any atom is 0.237 e. The minimum atomic E-state index is -3.14. The topological polar surface area (TPSA) is 89.3 Å². The third kappa shape index (κ3) is 5.66. The number of hydrogen-bond donors (Lipinski definition) is 2. The molecule has 0 aliphatic rings. The van der Waals surface area contributed by atoms with Gasteiger partial charge in [-0.15, -0.1) is 0 Å².